The lowest BCUT2D eigenvalue weighted by atomic mass is 10.1. The minimum atomic E-state index is -4.44. The van der Waals surface area contributed by atoms with Crippen molar-refractivity contribution in [2.75, 3.05) is 26.7 Å². The van der Waals surface area contributed by atoms with E-state index in [-0.39, 0.29) is 12.1 Å². The van der Waals surface area contributed by atoms with Crippen LogP contribution in [0.2, 0.25) is 0 Å². The Morgan fingerprint density at radius 3 is 2.55 bits per heavy atom. The lowest BCUT2D eigenvalue weighted by Gasteiger charge is -2.29. The molecule has 0 aliphatic carbocycles. The summed E-state index contributed by atoms with van der Waals surface area (Å²) in [5.74, 6) is -0.756. The molecule has 0 radical (unpaired) electrons. The van der Waals surface area contributed by atoms with Gasteiger partial charge in [-0.1, -0.05) is 19.8 Å². The summed E-state index contributed by atoms with van der Waals surface area (Å²) in [6.07, 6.45) is 0.350. The third-order valence-corrected chi connectivity index (χ3v) is 3.84. The second-order valence-electron chi connectivity index (χ2n) is 5.63. The highest BCUT2D eigenvalue weighted by Crippen LogP contribution is 2.19. The first-order chi connectivity index (χ1) is 10.2. The Hall–Kier alpha value is -1.47. The summed E-state index contributed by atoms with van der Waals surface area (Å²) in [4.78, 5) is 26.0. The number of carbonyl (C=O) groups excluding carboxylic acids is 2. The highest BCUT2D eigenvalue weighted by molar-refractivity contribution is 5.84. The van der Waals surface area contributed by atoms with Crippen LogP contribution in [0, 0.1) is 0 Å². The fourth-order valence-corrected chi connectivity index (χ4v) is 2.61. The molecule has 0 aromatic rings. The van der Waals surface area contributed by atoms with E-state index in [9.17, 15) is 22.8 Å². The van der Waals surface area contributed by atoms with E-state index in [4.69, 9.17) is 0 Å². The van der Waals surface area contributed by atoms with Gasteiger partial charge in [-0.3, -0.25) is 4.79 Å². The molecular weight excluding hydrogens is 299 g/mol. The molecule has 0 saturated carbocycles. The Kier molecular flexibility index (Phi) is 6.96. The number of nitrogens with zero attached hydrogens (tertiary/aromatic N) is 2. The van der Waals surface area contributed by atoms with Gasteiger partial charge in [-0.05, 0) is 19.3 Å². The first-order valence-electron chi connectivity index (χ1n) is 7.59. The minimum absolute atomic E-state index is 0.130. The van der Waals surface area contributed by atoms with E-state index in [1.54, 1.807) is 4.90 Å². The number of rotatable bonds is 4. The van der Waals surface area contributed by atoms with Gasteiger partial charge in [-0.25, -0.2) is 4.79 Å². The Balaban J connectivity index is 2.48. The van der Waals surface area contributed by atoms with Crippen LogP contribution in [0.3, 0.4) is 0 Å². The highest BCUT2D eigenvalue weighted by Gasteiger charge is 2.31. The van der Waals surface area contributed by atoms with E-state index >= 15 is 0 Å². The van der Waals surface area contributed by atoms with E-state index in [1.165, 1.54) is 0 Å². The number of hydrogen-bond acceptors (Lipinski definition) is 2. The summed E-state index contributed by atoms with van der Waals surface area (Å²) in [6, 6.07) is -0.243. The summed E-state index contributed by atoms with van der Waals surface area (Å²) >= 11 is 0. The van der Waals surface area contributed by atoms with E-state index in [0.29, 0.717) is 11.4 Å². The van der Waals surface area contributed by atoms with Crippen LogP contribution in [0.1, 0.15) is 39.0 Å². The van der Waals surface area contributed by atoms with Crippen LogP contribution < -0.4 is 5.32 Å². The van der Waals surface area contributed by atoms with E-state index in [2.05, 4.69) is 5.32 Å². The zero-order chi connectivity index (χ0) is 16.8. The third-order valence-electron chi connectivity index (χ3n) is 3.84. The van der Waals surface area contributed by atoms with Crippen molar-refractivity contribution in [2.45, 2.75) is 51.2 Å². The molecule has 1 heterocycles. The van der Waals surface area contributed by atoms with Crippen LogP contribution in [0.25, 0.3) is 0 Å². The smallest absolute Gasteiger partial charge is 0.335 e. The molecule has 1 N–H and O–H groups in total. The van der Waals surface area contributed by atoms with Crippen LogP contribution in [0.4, 0.5) is 18.0 Å². The molecule has 5 nitrogen and oxygen atoms in total. The van der Waals surface area contributed by atoms with Crippen molar-refractivity contribution < 1.29 is 22.8 Å². The zero-order valence-electron chi connectivity index (χ0n) is 13.1. The summed E-state index contributed by atoms with van der Waals surface area (Å²) in [5.41, 5.74) is 0. The predicted octanol–water partition coefficient (Wildman–Crippen LogP) is 2.37. The summed E-state index contributed by atoms with van der Waals surface area (Å²) in [5, 5.41) is 2.44. The van der Waals surface area contributed by atoms with Crippen LogP contribution >= 0.6 is 0 Å². The van der Waals surface area contributed by atoms with Crippen molar-refractivity contribution in [1.82, 2.24) is 15.1 Å². The Morgan fingerprint density at radius 1 is 1.27 bits per heavy atom. The maximum absolute atomic E-state index is 12.2. The normalized spacial score (nSPS) is 19.5. The van der Waals surface area contributed by atoms with Gasteiger partial charge in [0.2, 0.25) is 5.91 Å². The van der Waals surface area contributed by atoms with Crippen molar-refractivity contribution in [2.24, 2.45) is 0 Å². The fraction of sp³-hybridized carbons (Fsp3) is 0.857. The number of halogens is 3. The topological polar surface area (TPSA) is 52.7 Å². The van der Waals surface area contributed by atoms with Crippen molar-refractivity contribution in [1.29, 1.82) is 0 Å². The number of hydrogen-bond donors (Lipinski definition) is 1. The van der Waals surface area contributed by atoms with Crippen molar-refractivity contribution in [3.63, 3.8) is 0 Å². The number of likely N-dealkylation sites (N-methyl/N-ethyl adjacent to an activating group) is 1. The van der Waals surface area contributed by atoms with Crippen molar-refractivity contribution in [3.8, 4) is 0 Å². The maximum atomic E-state index is 12.2. The number of urea groups is 1. The third kappa shape index (κ3) is 6.11. The lowest BCUT2D eigenvalue weighted by Crippen LogP contribution is -2.49. The van der Waals surface area contributed by atoms with Crippen LogP contribution in [0.5, 0.6) is 0 Å². The molecule has 22 heavy (non-hydrogen) atoms. The number of alkyl halides is 3. The quantitative estimate of drug-likeness (QED) is 0.863. The molecule has 0 aromatic carbocycles. The molecule has 1 aliphatic rings. The number of amides is 3. The Bertz CT molecular complexity index is 388. The van der Waals surface area contributed by atoms with Gasteiger partial charge in [0.05, 0.1) is 6.54 Å². The standard InChI is InChI=1S/C14H24F3N3O2/c1-3-11-7-5-4-6-8-20(11)13(22)18-9-12(21)19(2)10-14(15,16)17/h11H,3-10H2,1-2H3,(H,18,22)/t11-/m0/s1. The molecule has 1 atom stereocenters. The molecular formula is C14H24F3N3O2. The molecule has 1 rings (SSSR count). The average Bonchev–Trinajstić information content (AvgIpc) is 2.67. The molecule has 1 saturated heterocycles. The largest absolute Gasteiger partial charge is 0.406 e. The van der Waals surface area contributed by atoms with Crippen molar-refractivity contribution in [3.05, 3.63) is 0 Å². The van der Waals surface area contributed by atoms with Crippen molar-refractivity contribution >= 4 is 11.9 Å². The van der Waals surface area contributed by atoms with Gasteiger partial charge >= 0.3 is 12.2 Å². The second kappa shape index (κ2) is 8.24. The Labute approximate surface area is 128 Å². The molecule has 0 spiro atoms. The highest BCUT2D eigenvalue weighted by atomic mass is 19.4. The van der Waals surface area contributed by atoms with Gasteiger partial charge in [0.25, 0.3) is 0 Å². The SMILES string of the molecule is CC[C@H]1CCCCCN1C(=O)NCC(=O)N(C)CC(F)(F)F. The van der Waals surface area contributed by atoms with Gasteiger partial charge in [0.1, 0.15) is 6.54 Å². The first-order valence-corrected chi connectivity index (χ1v) is 7.59. The van der Waals surface area contributed by atoms with E-state index < -0.39 is 25.2 Å². The van der Waals surface area contributed by atoms with E-state index in [1.807, 2.05) is 6.92 Å². The average molecular weight is 323 g/mol. The molecule has 1 aliphatic heterocycles. The van der Waals surface area contributed by atoms with Gasteiger partial charge < -0.3 is 15.1 Å². The summed E-state index contributed by atoms with van der Waals surface area (Å²) in [6.45, 7) is 0.886. The molecule has 128 valence electrons. The molecule has 1 fully saturated rings. The van der Waals surface area contributed by atoms with Gasteiger partial charge in [-0.15, -0.1) is 0 Å². The lowest BCUT2D eigenvalue weighted by molar-refractivity contribution is -0.157. The summed E-state index contributed by atoms with van der Waals surface area (Å²) < 4.78 is 36.6. The van der Waals surface area contributed by atoms with Crippen LogP contribution in [0.15, 0.2) is 0 Å². The second-order valence-corrected chi connectivity index (χ2v) is 5.63. The monoisotopic (exact) mass is 323 g/mol. The number of carbonyl (C=O) groups is 2. The fourth-order valence-electron chi connectivity index (χ4n) is 2.61. The van der Waals surface area contributed by atoms with Gasteiger partial charge in [0, 0.05) is 19.6 Å². The van der Waals surface area contributed by atoms with Crippen LogP contribution in [-0.2, 0) is 4.79 Å². The first kappa shape index (κ1) is 18.6. The van der Waals surface area contributed by atoms with Gasteiger partial charge in [0.15, 0.2) is 0 Å². The molecule has 0 unspecified atom stereocenters. The molecule has 3 amide bonds. The Morgan fingerprint density at radius 2 is 1.95 bits per heavy atom. The predicted molar refractivity (Wildman–Crippen MR) is 76.3 cm³/mol. The number of likely N-dealkylation sites (tertiary alicyclic amines) is 1. The van der Waals surface area contributed by atoms with E-state index in [0.717, 1.165) is 39.2 Å². The minimum Gasteiger partial charge on any atom is -0.335 e. The molecule has 0 bridgehead atoms. The molecule has 0 aromatic heterocycles. The van der Waals surface area contributed by atoms with Crippen LogP contribution in [-0.4, -0.2) is 60.6 Å². The molecule has 8 heteroatoms. The maximum Gasteiger partial charge on any atom is 0.406 e. The number of nitrogens with one attached hydrogen (secondary N) is 1. The summed E-state index contributed by atoms with van der Waals surface area (Å²) in [7, 11) is 1.07. The zero-order valence-corrected chi connectivity index (χ0v) is 13.1. The van der Waals surface area contributed by atoms with Gasteiger partial charge in [-0.2, -0.15) is 13.2 Å².